The number of nitrogens with two attached hydrogens (primary N) is 1. The molecular weight excluding hydrogens is 500 g/mol. The Morgan fingerprint density at radius 1 is 1.08 bits per heavy atom. The van der Waals surface area contributed by atoms with Gasteiger partial charge in [-0.3, -0.25) is 4.79 Å². The van der Waals surface area contributed by atoms with Gasteiger partial charge >= 0.3 is 6.18 Å². The van der Waals surface area contributed by atoms with Crippen molar-refractivity contribution in [1.82, 2.24) is 14.5 Å². The number of aromatic nitrogens is 2. The van der Waals surface area contributed by atoms with Crippen molar-refractivity contribution in [3.8, 4) is 17.3 Å². The monoisotopic (exact) mass is 521 g/mol. The Morgan fingerprint density at radius 2 is 1.78 bits per heavy atom. The predicted molar refractivity (Wildman–Crippen MR) is 120 cm³/mol. The third-order valence-corrected chi connectivity index (χ3v) is 6.16. The number of hydrogen-bond acceptors (Lipinski definition) is 4. The maximum absolute atomic E-state index is 14.0. The Bertz CT molecular complexity index is 1380. The predicted octanol–water partition coefficient (Wildman–Crippen LogP) is 4.35. The molecule has 1 aliphatic rings. The van der Waals surface area contributed by atoms with Gasteiger partial charge < -0.3 is 15.2 Å². The van der Waals surface area contributed by atoms with Gasteiger partial charge in [-0.2, -0.15) is 18.4 Å². The van der Waals surface area contributed by atoms with E-state index in [0.717, 1.165) is 4.57 Å². The van der Waals surface area contributed by atoms with Crippen LogP contribution in [0, 0.1) is 28.8 Å². The highest BCUT2D eigenvalue weighted by atomic mass is 19.4. The van der Waals surface area contributed by atoms with Crippen LogP contribution in [0.25, 0.3) is 11.3 Å². The van der Waals surface area contributed by atoms with E-state index in [4.69, 9.17) is 11.0 Å². The van der Waals surface area contributed by atoms with E-state index in [1.54, 1.807) is 24.3 Å². The lowest BCUT2D eigenvalue weighted by atomic mass is 10.00. The van der Waals surface area contributed by atoms with Gasteiger partial charge in [0, 0.05) is 37.2 Å². The maximum Gasteiger partial charge on any atom is 0.449 e. The molecule has 1 amide bonds. The van der Waals surface area contributed by atoms with E-state index in [1.165, 1.54) is 4.90 Å². The summed E-state index contributed by atoms with van der Waals surface area (Å²) in [5, 5.41) is 9.13. The molecule has 0 unspecified atom stereocenters. The lowest BCUT2D eigenvalue weighted by molar-refractivity contribution is -0.148. The van der Waals surface area contributed by atoms with Crippen LogP contribution in [0.3, 0.4) is 0 Å². The van der Waals surface area contributed by atoms with Crippen molar-refractivity contribution >= 4 is 5.91 Å². The number of fused-ring (bicyclic) bond motifs is 1. The van der Waals surface area contributed by atoms with Crippen molar-refractivity contribution in [1.29, 1.82) is 5.26 Å². The van der Waals surface area contributed by atoms with Crippen molar-refractivity contribution in [2.24, 2.45) is 5.73 Å². The number of halogens is 6. The van der Waals surface area contributed by atoms with Gasteiger partial charge in [0.05, 0.1) is 30.4 Å². The lowest BCUT2D eigenvalue weighted by Gasteiger charge is -2.30. The van der Waals surface area contributed by atoms with Gasteiger partial charge in [-0.15, -0.1) is 0 Å². The zero-order valence-electron chi connectivity index (χ0n) is 19.3. The van der Waals surface area contributed by atoms with Crippen LogP contribution in [-0.2, 0) is 36.9 Å². The second kappa shape index (κ2) is 10.3. The van der Waals surface area contributed by atoms with E-state index in [1.807, 2.05) is 6.07 Å². The summed E-state index contributed by atoms with van der Waals surface area (Å²) in [5.41, 5.74) is 6.84. The zero-order chi connectivity index (χ0) is 26.9. The smallest absolute Gasteiger partial charge is 0.335 e. The largest absolute Gasteiger partial charge is 0.449 e. The Balaban J connectivity index is 1.59. The quantitative estimate of drug-likeness (QED) is 0.386. The highest BCUT2D eigenvalue weighted by Gasteiger charge is 2.41. The first-order valence-corrected chi connectivity index (χ1v) is 11.3. The van der Waals surface area contributed by atoms with Crippen LogP contribution >= 0.6 is 0 Å². The number of rotatable bonds is 6. The zero-order valence-corrected chi connectivity index (χ0v) is 19.3. The number of benzene rings is 2. The van der Waals surface area contributed by atoms with Gasteiger partial charge in [-0.25, -0.2) is 18.2 Å². The summed E-state index contributed by atoms with van der Waals surface area (Å²) in [4.78, 5) is 18.2. The summed E-state index contributed by atoms with van der Waals surface area (Å²) in [5.74, 6) is -5.18. The van der Waals surface area contributed by atoms with E-state index >= 15 is 0 Å². The van der Waals surface area contributed by atoms with Crippen LogP contribution in [0.5, 0.6) is 0 Å². The van der Waals surface area contributed by atoms with E-state index in [0.29, 0.717) is 23.3 Å². The van der Waals surface area contributed by atoms with Crippen LogP contribution in [0.4, 0.5) is 26.3 Å². The molecule has 0 bridgehead atoms. The highest BCUT2D eigenvalue weighted by Crippen LogP contribution is 2.37. The fourth-order valence-corrected chi connectivity index (χ4v) is 4.43. The summed E-state index contributed by atoms with van der Waals surface area (Å²) in [6.45, 7) is -0.405. The SMILES string of the molecule is N#CCc1ccccc1-c1nc(C(F)(F)F)n2c1CN(C(=O)C[C@H](N)Cc1cc(F)c(F)cc1F)CC2. The Kier molecular flexibility index (Phi) is 7.27. The molecule has 194 valence electrons. The van der Waals surface area contributed by atoms with Crippen LogP contribution in [-0.4, -0.2) is 32.9 Å². The molecule has 2 aromatic carbocycles. The van der Waals surface area contributed by atoms with Crippen molar-refractivity contribution in [2.75, 3.05) is 6.54 Å². The summed E-state index contributed by atoms with van der Waals surface area (Å²) >= 11 is 0. The van der Waals surface area contributed by atoms with Gasteiger partial charge in [0.1, 0.15) is 5.82 Å². The first kappa shape index (κ1) is 26.2. The van der Waals surface area contributed by atoms with Crippen molar-refractivity contribution < 1.29 is 31.1 Å². The van der Waals surface area contributed by atoms with Crippen LogP contribution in [0.2, 0.25) is 0 Å². The molecule has 4 rings (SSSR count). The molecule has 0 saturated heterocycles. The van der Waals surface area contributed by atoms with Crippen molar-refractivity contribution in [3.05, 3.63) is 76.5 Å². The van der Waals surface area contributed by atoms with Crippen LogP contribution < -0.4 is 5.73 Å². The number of nitrogens with zero attached hydrogens (tertiary/aromatic N) is 4. The lowest BCUT2D eigenvalue weighted by Crippen LogP contribution is -2.42. The second-order valence-corrected chi connectivity index (χ2v) is 8.71. The normalized spacial score (nSPS) is 14.3. The molecule has 2 heterocycles. The van der Waals surface area contributed by atoms with E-state index in [2.05, 4.69) is 4.98 Å². The average molecular weight is 521 g/mol. The number of alkyl halides is 3. The molecule has 1 aromatic heterocycles. The number of carbonyl (C=O) groups is 1. The van der Waals surface area contributed by atoms with Gasteiger partial charge in [-0.05, 0) is 23.6 Å². The molecule has 0 saturated carbocycles. The molecule has 0 fully saturated rings. The minimum atomic E-state index is -4.74. The molecular formula is C25H21F6N5O. The first-order valence-electron chi connectivity index (χ1n) is 11.3. The van der Waals surface area contributed by atoms with Crippen LogP contribution in [0.15, 0.2) is 36.4 Å². The van der Waals surface area contributed by atoms with E-state index < -0.39 is 41.4 Å². The average Bonchev–Trinajstić information content (AvgIpc) is 3.22. The maximum atomic E-state index is 14.0. The number of carbonyl (C=O) groups excluding carboxylic acids is 1. The molecule has 12 heteroatoms. The molecule has 37 heavy (non-hydrogen) atoms. The number of imidazole rings is 1. The highest BCUT2D eigenvalue weighted by molar-refractivity contribution is 5.77. The molecule has 2 N–H and O–H groups in total. The summed E-state index contributed by atoms with van der Waals surface area (Å²) in [6, 6.07) is 8.60. The molecule has 1 aliphatic heterocycles. The third-order valence-electron chi connectivity index (χ3n) is 6.16. The fourth-order valence-electron chi connectivity index (χ4n) is 4.43. The van der Waals surface area contributed by atoms with Gasteiger partial charge in [0.15, 0.2) is 11.6 Å². The van der Waals surface area contributed by atoms with Gasteiger partial charge in [0.25, 0.3) is 0 Å². The first-order chi connectivity index (χ1) is 17.5. The van der Waals surface area contributed by atoms with E-state index in [9.17, 15) is 31.1 Å². The second-order valence-electron chi connectivity index (χ2n) is 8.71. The Labute approximate surface area is 207 Å². The van der Waals surface area contributed by atoms with Crippen LogP contribution in [0.1, 0.15) is 29.1 Å². The molecule has 3 aromatic rings. The van der Waals surface area contributed by atoms with Crippen molar-refractivity contribution in [2.45, 2.75) is 44.6 Å². The summed E-state index contributed by atoms with van der Waals surface area (Å²) < 4.78 is 82.9. The Morgan fingerprint density at radius 3 is 2.49 bits per heavy atom. The molecule has 0 spiro atoms. The Hall–Kier alpha value is -3.85. The van der Waals surface area contributed by atoms with Crippen molar-refractivity contribution in [3.63, 3.8) is 0 Å². The summed E-state index contributed by atoms with van der Waals surface area (Å²) in [7, 11) is 0. The standard InChI is InChI=1S/C25H21F6N5O/c26-18-12-20(28)19(27)10-15(18)9-16(33)11-22(37)35-7-8-36-21(13-35)23(34-24(36)25(29,30)31)17-4-2-1-3-14(17)5-6-32/h1-4,10,12,16H,5,7-9,11,13,33H2/t16-/m1/s1. The van der Waals surface area contributed by atoms with Gasteiger partial charge in [-0.1, -0.05) is 24.3 Å². The summed E-state index contributed by atoms with van der Waals surface area (Å²) in [6.07, 6.45) is -5.31. The number of nitriles is 1. The minimum Gasteiger partial charge on any atom is -0.335 e. The number of amides is 1. The molecule has 6 nitrogen and oxygen atoms in total. The van der Waals surface area contributed by atoms with Gasteiger partial charge in [0.2, 0.25) is 11.7 Å². The molecule has 1 atom stereocenters. The minimum absolute atomic E-state index is 0.0313. The molecule has 0 aliphatic carbocycles. The number of hydrogen-bond donors (Lipinski definition) is 1. The molecule has 0 radical (unpaired) electrons. The fraction of sp³-hybridized carbons (Fsp3) is 0.320. The van der Waals surface area contributed by atoms with E-state index in [-0.39, 0.29) is 55.8 Å². The topological polar surface area (TPSA) is 87.9 Å². The third kappa shape index (κ3) is 5.46.